The molecule has 0 fully saturated rings. The Morgan fingerprint density at radius 1 is 1.33 bits per heavy atom. The molecule has 0 saturated carbocycles. The second kappa shape index (κ2) is 4.34. The van der Waals surface area contributed by atoms with E-state index in [9.17, 15) is 0 Å². The van der Waals surface area contributed by atoms with Crippen molar-refractivity contribution in [3.63, 3.8) is 0 Å². The monoisotopic (exact) mass is 262 g/mol. The molecule has 92 valence electrons. The van der Waals surface area contributed by atoms with Crippen molar-refractivity contribution >= 4 is 28.8 Å². The zero-order chi connectivity index (χ0) is 12.5. The normalized spacial score (nSPS) is 12.6. The number of nitrogens with zero attached hydrogens (tertiary/aromatic N) is 2. The van der Waals surface area contributed by atoms with Crippen molar-refractivity contribution in [2.24, 2.45) is 0 Å². The van der Waals surface area contributed by atoms with Gasteiger partial charge >= 0.3 is 0 Å². The Balaban J connectivity index is 2.07. The van der Waals surface area contributed by atoms with Crippen LogP contribution in [0.4, 0.5) is 17.2 Å². The number of halogens is 1. The number of aromatic nitrogens is 2. The van der Waals surface area contributed by atoms with Crippen molar-refractivity contribution in [2.75, 3.05) is 17.7 Å². The minimum absolute atomic E-state index is 0.410. The first-order valence-electron chi connectivity index (χ1n) is 5.46. The van der Waals surface area contributed by atoms with E-state index in [0.717, 1.165) is 17.0 Å². The third-order valence-electron chi connectivity index (χ3n) is 2.83. The van der Waals surface area contributed by atoms with Crippen LogP contribution >= 0.6 is 11.6 Å². The molecule has 5 nitrogen and oxygen atoms in total. The second-order valence-corrected chi connectivity index (χ2v) is 4.25. The van der Waals surface area contributed by atoms with Crippen molar-refractivity contribution in [3.05, 3.63) is 35.2 Å². The van der Waals surface area contributed by atoms with Crippen molar-refractivity contribution in [1.29, 1.82) is 0 Å². The van der Waals surface area contributed by atoms with Crippen LogP contribution in [0, 0.1) is 0 Å². The Morgan fingerprint density at radius 3 is 3.06 bits per heavy atom. The fourth-order valence-electron chi connectivity index (χ4n) is 1.88. The predicted octanol–water partition coefficient (Wildman–Crippen LogP) is 2.81. The molecule has 1 aliphatic rings. The Kier molecular flexibility index (Phi) is 2.68. The summed E-state index contributed by atoms with van der Waals surface area (Å²) in [6.45, 7) is 0.659. The van der Waals surface area contributed by atoms with E-state index >= 15 is 0 Å². The van der Waals surface area contributed by atoms with E-state index in [2.05, 4.69) is 20.6 Å². The highest BCUT2D eigenvalue weighted by atomic mass is 35.5. The zero-order valence-corrected chi connectivity index (χ0v) is 10.5. The van der Waals surface area contributed by atoms with Gasteiger partial charge in [0.1, 0.15) is 17.8 Å². The molecule has 0 unspecified atom stereocenters. The summed E-state index contributed by atoms with van der Waals surface area (Å²) in [6.07, 6.45) is 1.43. The Bertz CT molecular complexity index is 603. The molecule has 2 N–H and O–H groups in total. The molecule has 0 atom stereocenters. The highest BCUT2D eigenvalue weighted by Gasteiger charge is 2.16. The maximum atomic E-state index is 6.04. The molecule has 1 aliphatic heterocycles. The van der Waals surface area contributed by atoms with Crippen LogP contribution in [0.15, 0.2) is 24.5 Å². The number of methoxy groups -OCH3 is 1. The van der Waals surface area contributed by atoms with Gasteiger partial charge in [-0.25, -0.2) is 9.97 Å². The van der Waals surface area contributed by atoms with E-state index in [1.54, 1.807) is 7.11 Å². The van der Waals surface area contributed by atoms with Gasteiger partial charge in [0.05, 0.1) is 7.11 Å². The summed E-state index contributed by atoms with van der Waals surface area (Å²) >= 11 is 6.04. The van der Waals surface area contributed by atoms with Gasteiger partial charge in [-0.2, -0.15) is 0 Å². The summed E-state index contributed by atoms with van der Waals surface area (Å²) in [6, 6.07) is 5.86. The first-order valence-corrected chi connectivity index (χ1v) is 5.84. The van der Waals surface area contributed by atoms with Crippen molar-refractivity contribution in [1.82, 2.24) is 9.97 Å². The highest BCUT2D eigenvalue weighted by Crippen LogP contribution is 2.35. The lowest BCUT2D eigenvalue weighted by Crippen LogP contribution is -1.99. The lowest BCUT2D eigenvalue weighted by Gasteiger charge is -2.09. The van der Waals surface area contributed by atoms with Crippen LogP contribution < -0.4 is 15.4 Å². The van der Waals surface area contributed by atoms with Gasteiger partial charge in [0.25, 0.3) is 0 Å². The standard InChI is InChI=1S/C12H11ClN4O/c1-18-8-3-2-7-5-14-10-11(13)15-6-16-12(10)17-9(7)4-8/h2-4,6,14H,5H2,1H3,(H,15,16,17). The number of benzene rings is 1. The Labute approximate surface area is 109 Å². The van der Waals surface area contributed by atoms with E-state index in [1.165, 1.54) is 6.33 Å². The maximum absolute atomic E-state index is 6.04. The van der Waals surface area contributed by atoms with Crippen LogP contribution in [0.1, 0.15) is 5.56 Å². The van der Waals surface area contributed by atoms with Crippen LogP contribution in [0.25, 0.3) is 0 Å². The molecular weight excluding hydrogens is 252 g/mol. The van der Waals surface area contributed by atoms with Crippen molar-refractivity contribution in [3.8, 4) is 5.75 Å². The lowest BCUT2D eigenvalue weighted by atomic mass is 10.1. The van der Waals surface area contributed by atoms with Crippen LogP contribution in [-0.2, 0) is 6.54 Å². The molecule has 2 aromatic rings. The predicted molar refractivity (Wildman–Crippen MR) is 70.6 cm³/mol. The first kappa shape index (κ1) is 11.1. The summed E-state index contributed by atoms with van der Waals surface area (Å²) in [5.41, 5.74) is 2.79. The second-order valence-electron chi connectivity index (χ2n) is 3.89. The largest absolute Gasteiger partial charge is 0.497 e. The molecule has 1 aromatic carbocycles. The lowest BCUT2D eigenvalue weighted by molar-refractivity contribution is 0.415. The summed E-state index contributed by atoms with van der Waals surface area (Å²) in [5.74, 6) is 1.46. The van der Waals surface area contributed by atoms with Gasteiger partial charge in [-0.3, -0.25) is 0 Å². The number of nitrogens with one attached hydrogen (secondary N) is 2. The van der Waals surface area contributed by atoms with E-state index in [0.29, 0.717) is 23.2 Å². The highest BCUT2D eigenvalue weighted by molar-refractivity contribution is 6.32. The van der Waals surface area contributed by atoms with E-state index < -0.39 is 0 Å². The SMILES string of the molecule is COc1ccc2c(c1)Nc1ncnc(Cl)c1NC2. The van der Waals surface area contributed by atoms with Crippen molar-refractivity contribution in [2.45, 2.75) is 6.54 Å². The van der Waals surface area contributed by atoms with E-state index in [4.69, 9.17) is 16.3 Å². The average Bonchev–Trinajstić information content (AvgIpc) is 2.57. The average molecular weight is 263 g/mol. The molecule has 6 heteroatoms. The molecular formula is C12H11ClN4O. The van der Waals surface area contributed by atoms with Gasteiger partial charge < -0.3 is 15.4 Å². The molecule has 0 amide bonds. The minimum Gasteiger partial charge on any atom is -0.497 e. The first-order chi connectivity index (χ1) is 8.78. The van der Waals surface area contributed by atoms with Gasteiger partial charge in [0.2, 0.25) is 0 Å². The number of fused-ring (bicyclic) bond motifs is 2. The summed E-state index contributed by atoms with van der Waals surface area (Å²) in [5, 5.41) is 6.88. The Morgan fingerprint density at radius 2 is 2.22 bits per heavy atom. The molecule has 0 radical (unpaired) electrons. The molecule has 3 rings (SSSR count). The van der Waals surface area contributed by atoms with Gasteiger partial charge in [-0.1, -0.05) is 17.7 Å². The molecule has 0 saturated heterocycles. The van der Waals surface area contributed by atoms with Crippen LogP contribution in [0.2, 0.25) is 5.15 Å². The van der Waals surface area contributed by atoms with Gasteiger partial charge in [0.15, 0.2) is 11.0 Å². The number of rotatable bonds is 1. The number of hydrogen-bond acceptors (Lipinski definition) is 5. The number of anilines is 3. The molecule has 0 aliphatic carbocycles. The third kappa shape index (κ3) is 1.82. The van der Waals surface area contributed by atoms with Gasteiger partial charge in [-0.05, 0) is 11.6 Å². The quantitative estimate of drug-likeness (QED) is 0.774. The van der Waals surface area contributed by atoms with Crippen molar-refractivity contribution < 1.29 is 4.74 Å². The molecule has 2 heterocycles. The van der Waals surface area contributed by atoms with Crippen LogP contribution in [-0.4, -0.2) is 17.1 Å². The topological polar surface area (TPSA) is 59.1 Å². The summed E-state index contributed by atoms with van der Waals surface area (Å²) in [7, 11) is 1.64. The van der Waals surface area contributed by atoms with Gasteiger partial charge in [-0.15, -0.1) is 0 Å². The number of ether oxygens (including phenoxy) is 1. The molecule has 0 bridgehead atoms. The fraction of sp³-hybridized carbons (Fsp3) is 0.167. The maximum Gasteiger partial charge on any atom is 0.158 e. The zero-order valence-electron chi connectivity index (χ0n) is 9.70. The summed E-state index contributed by atoms with van der Waals surface area (Å²) < 4.78 is 5.21. The van der Waals surface area contributed by atoms with Crippen LogP contribution in [0.5, 0.6) is 5.75 Å². The molecule has 18 heavy (non-hydrogen) atoms. The van der Waals surface area contributed by atoms with Crippen LogP contribution in [0.3, 0.4) is 0 Å². The van der Waals surface area contributed by atoms with E-state index in [1.807, 2.05) is 18.2 Å². The molecule has 0 spiro atoms. The van der Waals surface area contributed by atoms with Gasteiger partial charge in [0, 0.05) is 18.3 Å². The smallest absolute Gasteiger partial charge is 0.158 e. The van der Waals surface area contributed by atoms with E-state index in [-0.39, 0.29) is 0 Å². The fourth-order valence-corrected chi connectivity index (χ4v) is 2.08. The minimum atomic E-state index is 0.410. The third-order valence-corrected chi connectivity index (χ3v) is 3.11. The Hall–Kier alpha value is -2.01. The molecule has 1 aromatic heterocycles. The summed E-state index contributed by atoms with van der Waals surface area (Å²) in [4.78, 5) is 8.14. The number of hydrogen-bond donors (Lipinski definition) is 2.